The van der Waals surface area contributed by atoms with Crippen LogP contribution in [0.2, 0.25) is 0 Å². The van der Waals surface area contributed by atoms with Gasteiger partial charge < -0.3 is 18.8 Å². The first-order chi connectivity index (χ1) is 19.7. The fourth-order valence-electron chi connectivity index (χ4n) is 4.80. The highest BCUT2D eigenvalue weighted by molar-refractivity contribution is 7.90. The number of aryl methyl sites for hydroxylation is 3. The van der Waals surface area contributed by atoms with Gasteiger partial charge in [-0.15, -0.1) is 13.2 Å². The Balaban J connectivity index is 1.71. The third kappa shape index (κ3) is 5.95. The quantitative estimate of drug-likeness (QED) is 0.226. The summed E-state index contributed by atoms with van der Waals surface area (Å²) in [4.78, 5) is 9.06. The smallest absolute Gasteiger partial charge is 0.440 e. The summed E-state index contributed by atoms with van der Waals surface area (Å²) in [6, 6.07) is 15.6. The molecule has 0 aliphatic carbocycles. The number of alkyl halides is 3. The van der Waals surface area contributed by atoms with Crippen LogP contribution < -0.4 is 4.74 Å². The van der Waals surface area contributed by atoms with Crippen LogP contribution >= 0.6 is 0 Å². The molecule has 12 heteroatoms. The average molecular weight is 598 g/mol. The van der Waals surface area contributed by atoms with E-state index in [1.165, 1.54) is 30.3 Å². The molecule has 218 valence electrons. The third-order valence-electron chi connectivity index (χ3n) is 6.57. The number of aliphatic hydroxyl groups excluding tert-OH is 1. The summed E-state index contributed by atoms with van der Waals surface area (Å²) in [6.07, 6.45) is -1.88. The molecule has 1 N–H and O–H groups in total. The van der Waals surface area contributed by atoms with E-state index >= 15 is 0 Å². The van der Waals surface area contributed by atoms with E-state index in [4.69, 9.17) is 4.42 Å². The Kier molecular flexibility index (Phi) is 7.46. The number of oxazole rings is 1. The van der Waals surface area contributed by atoms with Crippen molar-refractivity contribution in [2.75, 3.05) is 6.26 Å². The van der Waals surface area contributed by atoms with E-state index in [-0.39, 0.29) is 16.2 Å². The van der Waals surface area contributed by atoms with Gasteiger partial charge in [0.05, 0.1) is 22.9 Å². The fourth-order valence-corrected chi connectivity index (χ4v) is 5.75. The van der Waals surface area contributed by atoms with Crippen LogP contribution in [0.4, 0.5) is 13.2 Å². The second-order valence-electron chi connectivity index (χ2n) is 9.77. The Hall–Kier alpha value is -4.42. The Labute approximate surface area is 240 Å². The predicted molar refractivity (Wildman–Crippen MR) is 150 cm³/mol. The number of hydrogen-bond acceptors (Lipinski definition) is 7. The molecule has 0 amide bonds. The van der Waals surface area contributed by atoms with Crippen LogP contribution in [0.15, 0.2) is 76.2 Å². The maximum absolute atomic E-state index is 12.7. The summed E-state index contributed by atoms with van der Waals surface area (Å²) >= 11 is 0. The van der Waals surface area contributed by atoms with Crippen molar-refractivity contribution in [1.29, 1.82) is 0 Å². The van der Waals surface area contributed by atoms with Crippen LogP contribution in [0.5, 0.6) is 5.75 Å². The maximum Gasteiger partial charge on any atom is 0.573 e. The Morgan fingerprint density at radius 1 is 0.929 bits per heavy atom. The molecule has 0 saturated heterocycles. The second-order valence-corrected chi connectivity index (χ2v) is 11.8. The lowest BCUT2D eigenvalue weighted by Gasteiger charge is -2.15. The minimum Gasteiger partial charge on any atom is -0.440 e. The maximum atomic E-state index is 12.7. The van der Waals surface area contributed by atoms with Crippen molar-refractivity contribution in [1.82, 2.24) is 14.5 Å². The SMILES string of the molecule is Cc1cn(-c2ccc(-c3ccc(CO)c(S(C)(=O)=O)c3)cc2-c2oc(C)nc2-c2ccc(OC(F)(F)F)cc2)c(C)n1. The molecule has 0 saturated carbocycles. The summed E-state index contributed by atoms with van der Waals surface area (Å²) < 4.78 is 75.0. The lowest BCUT2D eigenvalue weighted by atomic mass is 9.97. The number of sulfone groups is 1. The number of imidazole rings is 1. The van der Waals surface area contributed by atoms with E-state index in [0.29, 0.717) is 51.1 Å². The van der Waals surface area contributed by atoms with E-state index in [0.717, 1.165) is 11.9 Å². The molecule has 2 heterocycles. The summed E-state index contributed by atoms with van der Waals surface area (Å²) in [5, 5.41) is 9.68. The molecule has 0 bridgehead atoms. The Morgan fingerprint density at radius 3 is 2.17 bits per heavy atom. The molecule has 0 aliphatic heterocycles. The Bertz CT molecular complexity index is 1890. The van der Waals surface area contributed by atoms with Crippen molar-refractivity contribution in [3.05, 3.63) is 89.8 Å². The van der Waals surface area contributed by atoms with Crippen LogP contribution in [-0.4, -0.2) is 40.7 Å². The van der Waals surface area contributed by atoms with Gasteiger partial charge in [-0.25, -0.2) is 18.4 Å². The number of rotatable bonds is 7. The normalized spacial score (nSPS) is 12.1. The molecule has 0 fully saturated rings. The molecule has 0 atom stereocenters. The van der Waals surface area contributed by atoms with E-state index < -0.39 is 22.8 Å². The zero-order valence-electron chi connectivity index (χ0n) is 23.0. The van der Waals surface area contributed by atoms with Gasteiger partial charge in [0, 0.05) is 30.5 Å². The molecular formula is C30H26F3N3O5S. The molecule has 2 aromatic heterocycles. The molecular weight excluding hydrogens is 571 g/mol. The summed E-state index contributed by atoms with van der Waals surface area (Å²) in [5.74, 6) is 1.03. The largest absolute Gasteiger partial charge is 0.573 e. The molecule has 3 aromatic carbocycles. The van der Waals surface area contributed by atoms with Crippen molar-refractivity contribution in [2.24, 2.45) is 0 Å². The van der Waals surface area contributed by atoms with Gasteiger partial charge >= 0.3 is 6.36 Å². The number of hydrogen-bond donors (Lipinski definition) is 1. The van der Waals surface area contributed by atoms with E-state index in [1.807, 2.05) is 42.8 Å². The first kappa shape index (κ1) is 29.1. The van der Waals surface area contributed by atoms with Crippen molar-refractivity contribution < 1.29 is 35.8 Å². The fraction of sp³-hybridized carbons (Fsp3) is 0.200. The number of nitrogens with zero attached hydrogens (tertiary/aromatic N) is 3. The van der Waals surface area contributed by atoms with Crippen molar-refractivity contribution in [3.63, 3.8) is 0 Å². The van der Waals surface area contributed by atoms with Gasteiger partial charge in [0.1, 0.15) is 17.3 Å². The van der Waals surface area contributed by atoms with Crippen molar-refractivity contribution in [2.45, 2.75) is 38.6 Å². The third-order valence-corrected chi connectivity index (χ3v) is 7.75. The standard InChI is InChI=1S/C30H26F3N3O5S/c1-17-15-36(18(2)34-17)26-12-9-21(22-5-6-23(16-37)27(14-22)42(4,38)39)13-25(26)29-28(35-19(3)40-29)20-7-10-24(11-8-20)41-30(31,32)33/h5-15,37H,16H2,1-4H3. The number of benzene rings is 3. The molecule has 5 rings (SSSR count). The van der Waals surface area contributed by atoms with Crippen LogP contribution in [0.1, 0.15) is 23.0 Å². The van der Waals surface area contributed by atoms with Crippen LogP contribution in [0, 0.1) is 20.8 Å². The van der Waals surface area contributed by atoms with Gasteiger partial charge in [-0.1, -0.05) is 18.2 Å². The first-order valence-electron chi connectivity index (χ1n) is 12.7. The first-order valence-corrected chi connectivity index (χ1v) is 14.6. The number of aliphatic hydroxyl groups is 1. The lowest BCUT2D eigenvalue weighted by molar-refractivity contribution is -0.274. The number of ether oxygens (including phenoxy) is 1. The van der Waals surface area contributed by atoms with E-state index in [1.54, 1.807) is 19.1 Å². The number of aromatic nitrogens is 3. The molecule has 8 nitrogen and oxygen atoms in total. The minimum atomic E-state index is -4.82. The predicted octanol–water partition coefficient (Wildman–Crippen LogP) is 6.58. The summed E-state index contributed by atoms with van der Waals surface area (Å²) in [6.45, 7) is 4.94. The summed E-state index contributed by atoms with van der Waals surface area (Å²) in [7, 11) is -3.63. The average Bonchev–Trinajstić information content (AvgIpc) is 3.47. The van der Waals surface area contributed by atoms with Gasteiger partial charge in [0.15, 0.2) is 21.5 Å². The van der Waals surface area contributed by atoms with Crippen LogP contribution in [-0.2, 0) is 16.4 Å². The van der Waals surface area contributed by atoms with Gasteiger partial charge in [0.25, 0.3) is 0 Å². The monoisotopic (exact) mass is 597 g/mol. The van der Waals surface area contributed by atoms with E-state index in [9.17, 15) is 26.7 Å². The molecule has 42 heavy (non-hydrogen) atoms. The Morgan fingerprint density at radius 2 is 1.57 bits per heavy atom. The highest BCUT2D eigenvalue weighted by atomic mass is 32.2. The lowest BCUT2D eigenvalue weighted by Crippen LogP contribution is -2.16. The topological polar surface area (TPSA) is 107 Å². The number of halogens is 3. The van der Waals surface area contributed by atoms with Gasteiger partial charge in [-0.05, 0) is 73.0 Å². The van der Waals surface area contributed by atoms with E-state index in [2.05, 4.69) is 14.7 Å². The van der Waals surface area contributed by atoms with Crippen LogP contribution in [0.3, 0.4) is 0 Å². The zero-order valence-corrected chi connectivity index (χ0v) is 23.8. The molecule has 5 aromatic rings. The minimum absolute atomic E-state index is 0.0200. The molecule has 0 unspecified atom stereocenters. The molecule has 0 radical (unpaired) electrons. The zero-order chi connectivity index (χ0) is 30.4. The van der Waals surface area contributed by atoms with Crippen molar-refractivity contribution in [3.8, 4) is 45.1 Å². The van der Waals surface area contributed by atoms with Crippen LogP contribution in [0.25, 0.3) is 39.4 Å². The molecule has 0 spiro atoms. The highest BCUT2D eigenvalue weighted by Gasteiger charge is 2.31. The van der Waals surface area contributed by atoms with Gasteiger partial charge in [0.2, 0.25) is 0 Å². The van der Waals surface area contributed by atoms with Gasteiger partial charge in [-0.2, -0.15) is 0 Å². The molecule has 0 aliphatic rings. The highest BCUT2D eigenvalue weighted by Crippen LogP contribution is 2.40. The second kappa shape index (κ2) is 10.8. The van der Waals surface area contributed by atoms with Crippen molar-refractivity contribution >= 4 is 9.84 Å². The summed E-state index contributed by atoms with van der Waals surface area (Å²) in [5.41, 5.74) is 4.50. The van der Waals surface area contributed by atoms with Gasteiger partial charge in [-0.3, -0.25) is 0 Å².